The number of hydrogen-bond acceptors (Lipinski definition) is 3. The molecule has 58 valence electrons. The number of methoxy groups -OCH3 is 1. The fraction of sp³-hybridized carbons (Fsp3) is 0.250. The van der Waals surface area contributed by atoms with Gasteiger partial charge in [-0.1, -0.05) is 0 Å². The molecule has 0 aromatic carbocycles. The van der Waals surface area contributed by atoms with Crippen LogP contribution in [0, 0.1) is 0 Å². The zero-order chi connectivity index (χ0) is 8.10. The molecule has 0 bridgehead atoms. The molecule has 0 aliphatic heterocycles. The van der Waals surface area contributed by atoms with E-state index < -0.39 is 0 Å². The summed E-state index contributed by atoms with van der Waals surface area (Å²) in [6.45, 7) is 1.84. The van der Waals surface area contributed by atoms with Gasteiger partial charge in [-0.15, -0.1) is 0 Å². The Labute approximate surface area is 65.8 Å². The summed E-state index contributed by atoms with van der Waals surface area (Å²) in [5.41, 5.74) is 0. The van der Waals surface area contributed by atoms with Gasteiger partial charge in [0.05, 0.1) is 7.11 Å². The minimum absolute atomic E-state index is 0.623. The van der Waals surface area contributed by atoms with Crippen molar-refractivity contribution in [2.45, 2.75) is 6.92 Å². The van der Waals surface area contributed by atoms with Crippen molar-refractivity contribution >= 4 is 12.0 Å². The number of aliphatic imine (C=N–C) groups is 1. The zero-order valence-corrected chi connectivity index (χ0v) is 6.61. The average Bonchev–Trinajstić information content (AvgIpc) is 2.06. The summed E-state index contributed by atoms with van der Waals surface area (Å²) in [5.74, 6) is 1.32. The molecule has 0 N–H and O–H groups in total. The van der Waals surface area contributed by atoms with E-state index in [1.807, 2.05) is 19.1 Å². The minimum atomic E-state index is 0.623. The molecule has 3 heteroatoms. The predicted octanol–water partition coefficient (Wildman–Crippen LogP) is 1.81. The first-order chi connectivity index (χ1) is 5.38. The Morgan fingerprint density at radius 1 is 1.64 bits per heavy atom. The number of ether oxygens (including phenoxy) is 1. The number of nitrogens with zero attached hydrogens (tertiary/aromatic N) is 2. The first kappa shape index (κ1) is 7.72. The molecule has 1 aromatic rings. The number of aromatic nitrogens is 1. The van der Waals surface area contributed by atoms with Crippen LogP contribution in [0.3, 0.4) is 0 Å². The third-order valence-electron chi connectivity index (χ3n) is 1.22. The molecule has 1 heterocycles. The van der Waals surface area contributed by atoms with Crippen molar-refractivity contribution in [3.63, 3.8) is 0 Å². The first-order valence-corrected chi connectivity index (χ1v) is 3.36. The molecule has 0 aliphatic carbocycles. The Balaban J connectivity index is 3.02. The summed E-state index contributed by atoms with van der Waals surface area (Å²) in [7, 11) is 1.60. The van der Waals surface area contributed by atoms with Crippen LogP contribution in [0.15, 0.2) is 23.3 Å². The quantitative estimate of drug-likeness (QED) is 0.602. The smallest absolute Gasteiger partial charge is 0.194 e. The highest BCUT2D eigenvalue weighted by molar-refractivity contribution is 5.61. The molecule has 11 heavy (non-hydrogen) atoms. The maximum absolute atomic E-state index is 5.02. The van der Waals surface area contributed by atoms with E-state index in [0.717, 1.165) is 0 Å². The number of hydrogen-bond donors (Lipinski definition) is 0. The van der Waals surface area contributed by atoms with Crippen molar-refractivity contribution in [2.24, 2.45) is 4.99 Å². The predicted molar refractivity (Wildman–Crippen MR) is 44.6 cm³/mol. The highest BCUT2D eigenvalue weighted by atomic mass is 16.5. The number of rotatable bonds is 2. The molecule has 0 fully saturated rings. The van der Waals surface area contributed by atoms with Crippen molar-refractivity contribution in [2.75, 3.05) is 7.11 Å². The normalized spacial score (nSPS) is 10.4. The Bertz CT molecular complexity index is 258. The van der Waals surface area contributed by atoms with Crippen LogP contribution >= 0.6 is 0 Å². The second kappa shape index (κ2) is 3.71. The van der Waals surface area contributed by atoms with Crippen molar-refractivity contribution in [1.29, 1.82) is 0 Å². The summed E-state index contributed by atoms with van der Waals surface area (Å²) >= 11 is 0. The summed E-state index contributed by atoms with van der Waals surface area (Å²) in [5, 5.41) is 0. The molecule has 0 unspecified atom stereocenters. The lowest BCUT2D eigenvalue weighted by Crippen LogP contribution is -1.84. The van der Waals surface area contributed by atoms with Crippen molar-refractivity contribution < 1.29 is 4.74 Å². The van der Waals surface area contributed by atoms with E-state index >= 15 is 0 Å². The average molecular weight is 150 g/mol. The first-order valence-electron chi connectivity index (χ1n) is 3.36. The van der Waals surface area contributed by atoms with Gasteiger partial charge in [-0.2, -0.15) is 0 Å². The van der Waals surface area contributed by atoms with Gasteiger partial charge in [-0.3, -0.25) is 0 Å². The standard InChI is InChI=1S/C8H10N2O/c1-3-9-8-7(11-2)5-4-6-10-8/h3-6H,1-2H3/b9-3+. The molecule has 0 saturated carbocycles. The lowest BCUT2D eigenvalue weighted by molar-refractivity contribution is 0.414. The lowest BCUT2D eigenvalue weighted by atomic mass is 10.4. The second-order valence-electron chi connectivity index (χ2n) is 1.92. The topological polar surface area (TPSA) is 34.5 Å². The van der Waals surface area contributed by atoms with Crippen LogP contribution in [0.2, 0.25) is 0 Å². The third-order valence-corrected chi connectivity index (χ3v) is 1.22. The van der Waals surface area contributed by atoms with Gasteiger partial charge in [0.25, 0.3) is 0 Å². The Hall–Kier alpha value is -1.38. The summed E-state index contributed by atoms with van der Waals surface area (Å²) in [6, 6.07) is 3.64. The maximum Gasteiger partial charge on any atom is 0.194 e. The molecule has 0 spiro atoms. The summed E-state index contributed by atoms with van der Waals surface area (Å²) in [4.78, 5) is 8.03. The van der Waals surface area contributed by atoms with E-state index in [1.165, 1.54) is 0 Å². The Morgan fingerprint density at radius 2 is 2.45 bits per heavy atom. The van der Waals surface area contributed by atoms with Crippen LogP contribution in [-0.4, -0.2) is 18.3 Å². The van der Waals surface area contributed by atoms with E-state index in [9.17, 15) is 0 Å². The van der Waals surface area contributed by atoms with Crippen molar-refractivity contribution in [1.82, 2.24) is 4.98 Å². The fourth-order valence-corrected chi connectivity index (χ4v) is 0.761. The van der Waals surface area contributed by atoms with E-state index in [1.54, 1.807) is 19.5 Å². The van der Waals surface area contributed by atoms with Gasteiger partial charge in [-0.05, 0) is 19.1 Å². The van der Waals surface area contributed by atoms with Crippen LogP contribution in [-0.2, 0) is 0 Å². The van der Waals surface area contributed by atoms with E-state index in [-0.39, 0.29) is 0 Å². The Kier molecular flexibility index (Phi) is 2.60. The Morgan fingerprint density at radius 3 is 3.09 bits per heavy atom. The second-order valence-corrected chi connectivity index (χ2v) is 1.92. The van der Waals surface area contributed by atoms with E-state index in [2.05, 4.69) is 9.98 Å². The van der Waals surface area contributed by atoms with Crippen LogP contribution in [0.1, 0.15) is 6.92 Å². The van der Waals surface area contributed by atoms with E-state index in [4.69, 9.17) is 4.74 Å². The molecular formula is C8H10N2O. The largest absolute Gasteiger partial charge is 0.493 e. The SMILES string of the molecule is C/C=N/c1ncccc1OC. The van der Waals surface area contributed by atoms with E-state index in [0.29, 0.717) is 11.6 Å². The fourth-order valence-electron chi connectivity index (χ4n) is 0.761. The van der Waals surface area contributed by atoms with Crippen molar-refractivity contribution in [3.05, 3.63) is 18.3 Å². The molecule has 0 saturated heterocycles. The molecule has 0 aliphatic rings. The molecule has 0 radical (unpaired) electrons. The molecule has 0 atom stereocenters. The van der Waals surface area contributed by atoms with Gasteiger partial charge in [0.1, 0.15) is 0 Å². The highest BCUT2D eigenvalue weighted by Crippen LogP contribution is 2.22. The van der Waals surface area contributed by atoms with Gasteiger partial charge in [0.15, 0.2) is 11.6 Å². The molecule has 1 aromatic heterocycles. The van der Waals surface area contributed by atoms with Crippen LogP contribution in [0.4, 0.5) is 5.82 Å². The molecule has 1 rings (SSSR count). The van der Waals surface area contributed by atoms with Gasteiger partial charge in [0, 0.05) is 12.4 Å². The number of pyridine rings is 1. The van der Waals surface area contributed by atoms with Gasteiger partial charge in [-0.25, -0.2) is 9.98 Å². The van der Waals surface area contributed by atoms with Gasteiger partial charge >= 0.3 is 0 Å². The highest BCUT2D eigenvalue weighted by Gasteiger charge is 1.97. The zero-order valence-electron chi connectivity index (χ0n) is 6.61. The van der Waals surface area contributed by atoms with Crippen LogP contribution < -0.4 is 4.74 Å². The van der Waals surface area contributed by atoms with Crippen LogP contribution in [0.5, 0.6) is 5.75 Å². The maximum atomic E-state index is 5.02. The molecule has 0 amide bonds. The van der Waals surface area contributed by atoms with Crippen molar-refractivity contribution in [3.8, 4) is 5.75 Å². The van der Waals surface area contributed by atoms with Crippen LogP contribution in [0.25, 0.3) is 0 Å². The summed E-state index contributed by atoms with van der Waals surface area (Å²) in [6.07, 6.45) is 3.37. The molecule has 3 nitrogen and oxygen atoms in total. The summed E-state index contributed by atoms with van der Waals surface area (Å²) < 4.78 is 5.02. The molecular weight excluding hydrogens is 140 g/mol. The third kappa shape index (κ3) is 1.77. The van der Waals surface area contributed by atoms with Gasteiger partial charge < -0.3 is 4.74 Å². The monoisotopic (exact) mass is 150 g/mol. The lowest BCUT2D eigenvalue weighted by Gasteiger charge is -2.00. The minimum Gasteiger partial charge on any atom is -0.493 e. The van der Waals surface area contributed by atoms with Gasteiger partial charge in [0.2, 0.25) is 0 Å².